The Morgan fingerprint density at radius 2 is 1.68 bits per heavy atom. The van der Waals surface area contributed by atoms with Crippen molar-refractivity contribution in [2.45, 2.75) is 37.4 Å². The molecule has 0 saturated heterocycles. The molecule has 3 N–H and O–H groups in total. The van der Waals surface area contributed by atoms with Gasteiger partial charge in [0.05, 0.1) is 28.4 Å². The summed E-state index contributed by atoms with van der Waals surface area (Å²) >= 11 is 18.8. The highest BCUT2D eigenvalue weighted by Crippen LogP contribution is 2.38. The monoisotopic (exact) mass is 625 g/mol. The standard InChI is InChI=1S/C29H25Cl3F3N3O3/c30-20-7-4-8-24-19(20)14-25(39)23(15-38(24)17-9-10-21(31)22(32)13-17)37-28(41)18(11-12-29(33,34)35)26(27(36)40)16-5-2-1-3-6-16/h1-10,13,18,23,26H,11-12,14-15H2,(H2,36,40)(H,37,41)/t18-,23+,26+/m1/s1. The lowest BCUT2D eigenvalue weighted by atomic mass is 9.81. The Balaban J connectivity index is 1.71. The van der Waals surface area contributed by atoms with Gasteiger partial charge >= 0.3 is 6.18 Å². The van der Waals surface area contributed by atoms with Crippen LogP contribution in [-0.4, -0.2) is 36.4 Å². The lowest BCUT2D eigenvalue weighted by molar-refractivity contribution is -0.144. The molecule has 0 aromatic heterocycles. The van der Waals surface area contributed by atoms with E-state index in [4.69, 9.17) is 40.5 Å². The topological polar surface area (TPSA) is 92.5 Å². The van der Waals surface area contributed by atoms with E-state index in [0.717, 1.165) is 0 Å². The van der Waals surface area contributed by atoms with Crippen molar-refractivity contribution in [3.05, 3.63) is 92.9 Å². The van der Waals surface area contributed by atoms with E-state index in [9.17, 15) is 27.6 Å². The van der Waals surface area contributed by atoms with Gasteiger partial charge < -0.3 is 16.0 Å². The maximum absolute atomic E-state index is 13.7. The molecule has 0 bridgehead atoms. The van der Waals surface area contributed by atoms with Crippen LogP contribution in [0.5, 0.6) is 0 Å². The number of hydrogen-bond donors (Lipinski definition) is 2. The van der Waals surface area contributed by atoms with Crippen molar-refractivity contribution in [2.24, 2.45) is 11.7 Å². The minimum absolute atomic E-state index is 0.0888. The molecule has 6 nitrogen and oxygen atoms in total. The Morgan fingerprint density at radius 3 is 2.32 bits per heavy atom. The number of benzene rings is 3. The predicted octanol–water partition coefficient (Wildman–Crippen LogP) is 6.62. The number of nitrogens with one attached hydrogen (secondary N) is 1. The summed E-state index contributed by atoms with van der Waals surface area (Å²) in [6.45, 7) is -0.0888. The number of nitrogens with zero attached hydrogens (tertiary/aromatic N) is 1. The van der Waals surface area contributed by atoms with Crippen LogP contribution in [0.4, 0.5) is 24.5 Å². The number of nitrogens with two attached hydrogens (primary N) is 1. The SMILES string of the molecule is NC(=O)[C@@H](c1ccccc1)[C@@H](CCC(F)(F)F)C(=O)N[C@H]1CN(c2ccc(Cl)c(Cl)c2)c2cccc(Cl)c2CC1=O. The molecule has 41 heavy (non-hydrogen) atoms. The first-order valence-corrected chi connectivity index (χ1v) is 13.7. The van der Waals surface area contributed by atoms with E-state index in [1.54, 1.807) is 59.5 Å². The second kappa shape index (κ2) is 12.7. The van der Waals surface area contributed by atoms with Gasteiger partial charge in [0.25, 0.3) is 0 Å². The van der Waals surface area contributed by atoms with Crippen LogP contribution in [0.3, 0.4) is 0 Å². The Labute approximate surface area is 249 Å². The van der Waals surface area contributed by atoms with Crippen LogP contribution in [0.25, 0.3) is 0 Å². The smallest absolute Gasteiger partial charge is 0.369 e. The zero-order chi connectivity index (χ0) is 29.9. The van der Waals surface area contributed by atoms with Gasteiger partial charge in [-0.2, -0.15) is 13.2 Å². The van der Waals surface area contributed by atoms with E-state index in [2.05, 4.69) is 5.32 Å². The van der Waals surface area contributed by atoms with E-state index < -0.39 is 54.5 Å². The summed E-state index contributed by atoms with van der Waals surface area (Å²) in [7, 11) is 0. The van der Waals surface area contributed by atoms with Crippen molar-refractivity contribution < 1.29 is 27.6 Å². The van der Waals surface area contributed by atoms with Crippen molar-refractivity contribution in [1.82, 2.24) is 5.32 Å². The van der Waals surface area contributed by atoms with E-state index in [0.29, 0.717) is 32.5 Å². The minimum atomic E-state index is -4.58. The third kappa shape index (κ3) is 7.33. The van der Waals surface area contributed by atoms with Crippen LogP contribution < -0.4 is 16.0 Å². The molecule has 2 amide bonds. The summed E-state index contributed by atoms with van der Waals surface area (Å²) in [5, 5.41) is 3.51. The predicted molar refractivity (Wildman–Crippen MR) is 153 cm³/mol. The molecule has 216 valence electrons. The lowest BCUT2D eigenvalue weighted by Crippen LogP contribution is -2.50. The molecule has 0 saturated carbocycles. The summed E-state index contributed by atoms with van der Waals surface area (Å²) in [5.41, 5.74) is 7.56. The quantitative estimate of drug-likeness (QED) is 0.294. The zero-order valence-corrected chi connectivity index (χ0v) is 23.7. The molecular weight excluding hydrogens is 602 g/mol. The lowest BCUT2D eigenvalue weighted by Gasteiger charge is -2.30. The number of anilines is 2. The van der Waals surface area contributed by atoms with E-state index >= 15 is 0 Å². The molecule has 1 heterocycles. The second-order valence-corrected chi connectivity index (χ2v) is 10.9. The van der Waals surface area contributed by atoms with Crippen molar-refractivity contribution in [1.29, 1.82) is 0 Å². The maximum atomic E-state index is 13.7. The summed E-state index contributed by atoms with van der Waals surface area (Å²) in [5.74, 6) is -5.11. The number of alkyl halides is 3. The summed E-state index contributed by atoms with van der Waals surface area (Å²) < 4.78 is 39.8. The number of amides is 2. The second-order valence-electron chi connectivity index (χ2n) is 9.70. The Morgan fingerprint density at radius 1 is 0.976 bits per heavy atom. The van der Waals surface area contributed by atoms with Crippen molar-refractivity contribution >= 4 is 63.8 Å². The molecule has 3 aromatic rings. The van der Waals surface area contributed by atoms with Crippen LogP contribution in [0, 0.1) is 5.92 Å². The molecule has 0 fully saturated rings. The molecule has 0 radical (unpaired) electrons. The van der Waals surface area contributed by atoms with Crippen LogP contribution in [0.15, 0.2) is 66.7 Å². The number of fused-ring (bicyclic) bond motifs is 1. The number of ketones is 1. The maximum Gasteiger partial charge on any atom is 0.389 e. The number of carbonyl (C=O) groups is 3. The highest BCUT2D eigenvalue weighted by molar-refractivity contribution is 6.42. The van der Waals surface area contributed by atoms with Gasteiger partial charge in [0.1, 0.15) is 6.04 Å². The molecular formula is C29H25Cl3F3N3O3. The van der Waals surface area contributed by atoms with Crippen molar-refractivity contribution in [3.8, 4) is 0 Å². The Hall–Kier alpha value is -3.27. The van der Waals surface area contributed by atoms with Gasteiger partial charge in [-0.15, -0.1) is 0 Å². The molecule has 1 aliphatic heterocycles. The van der Waals surface area contributed by atoms with Gasteiger partial charge in [-0.1, -0.05) is 71.2 Å². The van der Waals surface area contributed by atoms with Crippen LogP contribution in [0.1, 0.15) is 29.9 Å². The van der Waals surface area contributed by atoms with Crippen LogP contribution in [-0.2, 0) is 20.8 Å². The van der Waals surface area contributed by atoms with Gasteiger partial charge in [-0.25, -0.2) is 0 Å². The average molecular weight is 627 g/mol. The Kier molecular flexibility index (Phi) is 9.51. The van der Waals surface area contributed by atoms with Gasteiger partial charge in [-0.3, -0.25) is 14.4 Å². The summed E-state index contributed by atoms with van der Waals surface area (Å²) in [6, 6.07) is 16.7. The Bertz CT molecular complexity index is 1450. The molecule has 0 unspecified atom stereocenters. The summed E-state index contributed by atoms with van der Waals surface area (Å²) in [6.07, 6.45) is -6.76. The highest BCUT2D eigenvalue weighted by atomic mass is 35.5. The normalized spacial score (nSPS) is 16.9. The first kappa shape index (κ1) is 30.7. The molecule has 3 aromatic carbocycles. The van der Waals surface area contributed by atoms with Gasteiger partial charge in [0.15, 0.2) is 5.78 Å². The molecule has 0 aliphatic carbocycles. The summed E-state index contributed by atoms with van der Waals surface area (Å²) in [4.78, 5) is 41.4. The minimum Gasteiger partial charge on any atom is -0.369 e. The number of halogens is 6. The number of rotatable bonds is 8. The van der Waals surface area contributed by atoms with E-state index in [1.165, 1.54) is 12.1 Å². The fraction of sp³-hybridized carbons (Fsp3) is 0.276. The average Bonchev–Trinajstić information content (AvgIpc) is 3.05. The molecule has 0 spiro atoms. The fourth-order valence-electron chi connectivity index (χ4n) is 4.98. The molecule has 1 aliphatic rings. The molecule has 3 atom stereocenters. The third-order valence-corrected chi connectivity index (χ3v) is 8.06. The van der Waals surface area contributed by atoms with Crippen molar-refractivity contribution in [2.75, 3.05) is 11.4 Å². The number of primary amides is 1. The third-order valence-electron chi connectivity index (χ3n) is 6.96. The first-order chi connectivity index (χ1) is 19.4. The first-order valence-electron chi connectivity index (χ1n) is 12.6. The largest absolute Gasteiger partial charge is 0.389 e. The number of carbonyl (C=O) groups excluding carboxylic acids is 3. The number of Topliss-reactive ketones (excluding diaryl/α,β-unsaturated/α-hetero) is 1. The van der Waals surface area contributed by atoms with E-state index in [-0.39, 0.29) is 18.0 Å². The molecule has 4 rings (SSSR count). The zero-order valence-electron chi connectivity index (χ0n) is 21.4. The fourth-order valence-corrected chi connectivity index (χ4v) is 5.51. The van der Waals surface area contributed by atoms with Gasteiger partial charge in [-0.05, 0) is 42.3 Å². The van der Waals surface area contributed by atoms with Crippen molar-refractivity contribution in [3.63, 3.8) is 0 Å². The van der Waals surface area contributed by atoms with E-state index in [1.807, 2.05) is 0 Å². The molecule has 12 heteroatoms. The van der Waals surface area contributed by atoms with Gasteiger partial charge in [0, 0.05) is 34.8 Å². The number of hydrogen-bond acceptors (Lipinski definition) is 4. The van der Waals surface area contributed by atoms with Gasteiger partial charge in [0.2, 0.25) is 11.8 Å². The van der Waals surface area contributed by atoms with Crippen LogP contribution >= 0.6 is 34.8 Å². The highest BCUT2D eigenvalue weighted by Gasteiger charge is 2.40. The van der Waals surface area contributed by atoms with Crippen LogP contribution in [0.2, 0.25) is 15.1 Å².